The molecule has 108 valence electrons. The van der Waals surface area contributed by atoms with Gasteiger partial charge in [-0.05, 0) is 49.0 Å². The van der Waals surface area contributed by atoms with Crippen LogP contribution in [0.3, 0.4) is 0 Å². The Kier molecular flexibility index (Phi) is 5.33. The largest absolute Gasteiger partial charge is 0.330 e. The third kappa shape index (κ3) is 4.16. The first-order valence-electron chi connectivity index (χ1n) is 7.12. The first-order valence-corrected chi connectivity index (χ1v) is 8.35. The summed E-state index contributed by atoms with van der Waals surface area (Å²) < 4.78 is 3.24. The second kappa shape index (κ2) is 7.01. The molecule has 4 heteroatoms. The maximum atomic E-state index is 8.88. The molecule has 0 aromatic heterocycles. The summed E-state index contributed by atoms with van der Waals surface area (Å²) in [6.07, 6.45) is 4.98. The molecular weight excluding hydrogens is 266 g/mol. The van der Waals surface area contributed by atoms with E-state index in [1.807, 2.05) is 6.26 Å². The maximum absolute atomic E-state index is 8.88. The minimum absolute atomic E-state index is 0.234. The van der Waals surface area contributed by atoms with Gasteiger partial charge in [-0.15, -0.1) is 0 Å². The van der Waals surface area contributed by atoms with E-state index in [0.29, 0.717) is 6.42 Å². The fourth-order valence-corrected chi connectivity index (χ4v) is 3.04. The number of rotatable bonds is 5. The summed E-state index contributed by atoms with van der Waals surface area (Å²) in [5.74, 6) is 0. The zero-order valence-electron chi connectivity index (χ0n) is 12.4. The monoisotopic (exact) mass is 289 g/mol. The van der Waals surface area contributed by atoms with E-state index in [-0.39, 0.29) is 5.41 Å². The average Bonchev–Trinajstić information content (AvgIpc) is 2.44. The van der Waals surface area contributed by atoms with Crippen molar-refractivity contribution in [2.24, 2.45) is 5.41 Å². The van der Waals surface area contributed by atoms with E-state index in [0.717, 1.165) is 38.2 Å². The van der Waals surface area contributed by atoms with Crippen LogP contribution in [0.2, 0.25) is 0 Å². The normalized spacial score (nSPS) is 18.4. The fraction of sp³-hybridized carbons (Fsp3) is 0.562. The van der Waals surface area contributed by atoms with Gasteiger partial charge in [0, 0.05) is 24.9 Å². The van der Waals surface area contributed by atoms with Gasteiger partial charge in [-0.3, -0.25) is 4.90 Å². The van der Waals surface area contributed by atoms with E-state index in [1.165, 1.54) is 5.56 Å². The summed E-state index contributed by atoms with van der Waals surface area (Å²) in [6, 6.07) is 11.0. The van der Waals surface area contributed by atoms with Gasteiger partial charge in [-0.25, -0.2) is 0 Å². The predicted molar refractivity (Wildman–Crippen MR) is 86.4 cm³/mol. The van der Waals surface area contributed by atoms with Crippen LogP contribution in [0.1, 0.15) is 31.7 Å². The van der Waals surface area contributed by atoms with Crippen molar-refractivity contribution in [2.75, 3.05) is 24.1 Å². The first-order chi connectivity index (χ1) is 9.65. The Balaban J connectivity index is 1.85. The second-order valence-corrected chi connectivity index (χ2v) is 6.54. The Morgan fingerprint density at radius 3 is 2.50 bits per heavy atom. The number of piperidine rings is 1. The summed E-state index contributed by atoms with van der Waals surface area (Å²) in [5.41, 5.74) is 2.75. The molecule has 2 rings (SSSR count). The predicted octanol–water partition coefficient (Wildman–Crippen LogP) is 3.89. The third-order valence-electron chi connectivity index (χ3n) is 4.15. The molecule has 1 aromatic rings. The van der Waals surface area contributed by atoms with Crippen LogP contribution in [0.15, 0.2) is 24.3 Å². The standard InChI is InChI=1S/C16H23N3S/c1-16(7-10-17)8-11-19(12-9-16)13-14-3-5-15(6-4-14)18-20-2/h3-6,18H,7-9,11-13H2,1-2H3. The molecule has 1 fully saturated rings. The number of hydrogen-bond donors (Lipinski definition) is 1. The molecule has 20 heavy (non-hydrogen) atoms. The van der Waals surface area contributed by atoms with Gasteiger partial charge in [0.25, 0.3) is 0 Å². The van der Waals surface area contributed by atoms with Crippen molar-refractivity contribution < 1.29 is 0 Å². The van der Waals surface area contributed by atoms with Crippen molar-refractivity contribution in [3.8, 4) is 6.07 Å². The minimum atomic E-state index is 0.234. The molecule has 1 saturated heterocycles. The second-order valence-electron chi connectivity index (χ2n) is 5.92. The molecular formula is C16H23N3S. The molecule has 0 aliphatic carbocycles. The van der Waals surface area contributed by atoms with Crippen LogP contribution in [0.4, 0.5) is 5.69 Å². The SMILES string of the molecule is CSNc1ccc(CN2CCC(C)(CC#N)CC2)cc1. The number of nitrogens with one attached hydrogen (secondary N) is 1. The molecule has 0 amide bonds. The summed E-state index contributed by atoms with van der Waals surface area (Å²) in [7, 11) is 0. The lowest BCUT2D eigenvalue weighted by molar-refractivity contribution is 0.116. The third-order valence-corrected chi connectivity index (χ3v) is 4.59. The van der Waals surface area contributed by atoms with Gasteiger partial charge in [0.15, 0.2) is 0 Å². The Labute approximate surface area is 126 Å². The van der Waals surface area contributed by atoms with Gasteiger partial charge in [-0.1, -0.05) is 31.0 Å². The molecule has 0 bridgehead atoms. The van der Waals surface area contributed by atoms with Crippen LogP contribution in [0.25, 0.3) is 0 Å². The van der Waals surface area contributed by atoms with Gasteiger partial charge in [0.2, 0.25) is 0 Å². The van der Waals surface area contributed by atoms with Crippen molar-refractivity contribution >= 4 is 17.6 Å². The van der Waals surface area contributed by atoms with Crippen molar-refractivity contribution in [3.63, 3.8) is 0 Å². The van der Waals surface area contributed by atoms with E-state index in [9.17, 15) is 0 Å². The highest BCUT2D eigenvalue weighted by Crippen LogP contribution is 2.34. The Bertz CT molecular complexity index is 456. The molecule has 1 N–H and O–H groups in total. The van der Waals surface area contributed by atoms with E-state index in [4.69, 9.17) is 5.26 Å². The number of likely N-dealkylation sites (tertiary alicyclic amines) is 1. The van der Waals surface area contributed by atoms with Crippen LogP contribution in [-0.2, 0) is 6.54 Å². The van der Waals surface area contributed by atoms with E-state index >= 15 is 0 Å². The molecule has 1 heterocycles. The Morgan fingerprint density at radius 2 is 1.95 bits per heavy atom. The lowest BCUT2D eigenvalue weighted by atomic mass is 9.78. The van der Waals surface area contributed by atoms with Crippen molar-refractivity contribution in [3.05, 3.63) is 29.8 Å². The number of anilines is 1. The van der Waals surface area contributed by atoms with Crippen LogP contribution in [-0.4, -0.2) is 24.2 Å². The van der Waals surface area contributed by atoms with Crippen LogP contribution in [0, 0.1) is 16.7 Å². The summed E-state index contributed by atoms with van der Waals surface area (Å²) in [5, 5.41) is 8.88. The zero-order chi connectivity index (χ0) is 14.4. The van der Waals surface area contributed by atoms with Gasteiger partial charge >= 0.3 is 0 Å². The highest BCUT2D eigenvalue weighted by molar-refractivity contribution is 7.99. The summed E-state index contributed by atoms with van der Waals surface area (Å²) in [6.45, 7) is 5.46. The highest BCUT2D eigenvalue weighted by Gasteiger charge is 2.29. The van der Waals surface area contributed by atoms with Crippen molar-refractivity contribution in [2.45, 2.75) is 32.7 Å². The molecule has 0 saturated carbocycles. The van der Waals surface area contributed by atoms with Gasteiger partial charge < -0.3 is 4.72 Å². The minimum Gasteiger partial charge on any atom is -0.330 e. The van der Waals surface area contributed by atoms with Crippen molar-refractivity contribution in [1.29, 1.82) is 5.26 Å². The lowest BCUT2D eigenvalue weighted by Gasteiger charge is -2.38. The van der Waals surface area contributed by atoms with Crippen LogP contribution >= 0.6 is 11.9 Å². The maximum Gasteiger partial charge on any atom is 0.0627 e. The van der Waals surface area contributed by atoms with Gasteiger partial charge in [-0.2, -0.15) is 5.26 Å². The highest BCUT2D eigenvalue weighted by atomic mass is 32.2. The molecule has 1 aromatic carbocycles. The smallest absolute Gasteiger partial charge is 0.0627 e. The number of nitrogens with zero attached hydrogens (tertiary/aromatic N) is 2. The van der Waals surface area contributed by atoms with Crippen LogP contribution < -0.4 is 4.72 Å². The lowest BCUT2D eigenvalue weighted by Crippen LogP contribution is -2.38. The Morgan fingerprint density at radius 1 is 1.30 bits per heavy atom. The van der Waals surface area contributed by atoms with E-state index in [1.54, 1.807) is 11.9 Å². The fourth-order valence-electron chi connectivity index (χ4n) is 2.67. The van der Waals surface area contributed by atoms with Crippen LogP contribution in [0.5, 0.6) is 0 Å². The van der Waals surface area contributed by atoms with Crippen molar-refractivity contribution in [1.82, 2.24) is 4.90 Å². The molecule has 0 atom stereocenters. The van der Waals surface area contributed by atoms with E-state index < -0.39 is 0 Å². The van der Waals surface area contributed by atoms with Gasteiger partial charge in [0.1, 0.15) is 0 Å². The molecule has 0 spiro atoms. The molecule has 0 unspecified atom stereocenters. The quantitative estimate of drug-likeness (QED) is 0.835. The molecule has 1 aliphatic rings. The Hall–Kier alpha value is -1.18. The molecule has 3 nitrogen and oxygen atoms in total. The topological polar surface area (TPSA) is 39.1 Å². The summed E-state index contributed by atoms with van der Waals surface area (Å²) in [4.78, 5) is 2.50. The number of nitriles is 1. The molecule has 0 radical (unpaired) electrons. The van der Waals surface area contributed by atoms with Gasteiger partial charge in [0.05, 0.1) is 6.07 Å². The number of benzene rings is 1. The molecule has 1 aliphatic heterocycles. The summed E-state index contributed by atoms with van der Waals surface area (Å²) >= 11 is 1.61. The first kappa shape index (κ1) is 15.2. The van der Waals surface area contributed by atoms with E-state index in [2.05, 4.69) is 46.9 Å². The number of hydrogen-bond acceptors (Lipinski definition) is 4. The zero-order valence-corrected chi connectivity index (χ0v) is 13.2. The average molecular weight is 289 g/mol.